The van der Waals surface area contributed by atoms with Gasteiger partial charge in [-0.15, -0.1) is 0 Å². The van der Waals surface area contributed by atoms with Gasteiger partial charge in [-0.25, -0.2) is 0 Å². The van der Waals surface area contributed by atoms with Crippen LogP contribution in [0.2, 0.25) is 0 Å². The van der Waals surface area contributed by atoms with Crippen molar-refractivity contribution < 1.29 is 9.30 Å². The molecule has 21 aromatic carbocycles. The van der Waals surface area contributed by atoms with Crippen LogP contribution in [0.15, 0.2) is 511 Å². The van der Waals surface area contributed by atoms with Crippen molar-refractivity contribution in [2.24, 2.45) is 0 Å². The smallest absolute Gasteiger partial charge is 0.171 e. The average Bonchev–Trinajstić information content (AvgIpc) is 1.52. The second-order valence-corrected chi connectivity index (χ2v) is 43.6. The SMILES string of the molecule is CC1(C)c2cc(-c3ccccc3)ccc2-c2c1ccc1c2Oc2cccc3c4ccccc4n-1c23.CC1(C)c2ccccc2-c2c1ccc1c2Sc2ccc(-c3cccc(P(=O)(c4ccccc4)c4ccccc4)c3)cc2N1c1ccccc1.c1ccc(N2c3cc(-c4ccc5c(c4)c4ccccc4n5-c4ccccc4)ccc3Sc3c2ccc2c3-c3ccccc3C2(c2ccccc2)c2ccccc2)cc1. The second-order valence-electron chi connectivity index (χ2n) is 38.7. The summed E-state index contributed by atoms with van der Waals surface area (Å²) in [5, 5.41) is 7.51. The van der Waals surface area contributed by atoms with Gasteiger partial charge in [-0.3, -0.25) is 0 Å². The molecule has 6 aliphatic rings. The first kappa shape index (κ1) is 84.8. The number of fused-ring (bicyclic) bond motifs is 24. The van der Waals surface area contributed by atoms with E-state index < -0.39 is 12.6 Å². The number of benzene rings is 21. The highest BCUT2D eigenvalue weighted by molar-refractivity contribution is 8.00. The zero-order chi connectivity index (χ0) is 94.7. The maximum atomic E-state index is 15.2. The fraction of sp³-hybridized carbons (Fsp3) is 0.0526. The summed E-state index contributed by atoms with van der Waals surface area (Å²) in [7, 11) is -3.11. The Kier molecular flexibility index (Phi) is 20.0. The molecular formula is C133H93N4O2PS2. The van der Waals surface area contributed by atoms with E-state index in [1.54, 1.807) is 0 Å². The molecule has 142 heavy (non-hydrogen) atoms. The van der Waals surface area contributed by atoms with Crippen molar-refractivity contribution in [1.29, 1.82) is 0 Å². The molecule has 29 rings (SSSR count). The van der Waals surface area contributed by atoms with Crippen LogP contribution in [-0.2, 0) is 20.8 Å². The van der Waals surface area contributed by atoms with Gasteiger partial charge < -0.3 is 28.2 Å². The minimum Gasteiger partial charge on any atom is -0.452 e. The van der Waals surface area contributed by atoms with Gasteiger partial charge in [0.15, 0.2) is 18.6 Å². The van der Waals surface area contributed by atoms with Gasteiger partial charge in [0.25, 0.3) is 0 Å². The third kappa shape index (κ3) is 13.1. The fourth-order valence-electron chi connectivity index (χ4n) is 23.8. The van der Waals surface area contributed by atoms with E-state index in [1.807, 2.05) is 96.3 Å². The van der Waals surface area contributed by atoms with Gasteiger partial charge in [-0.05, 0) is 216 Å². The van der Waals surface area contributed by atoms with Gasteiger partial charge in [0.2, 0.25) is 0 Å². The van der Waals surface area contributed by atoms with Crippen molar-refractivity contribution in [1.82, 2.24) is 9.13 Å². The first-order valence-corrected chi connectivity index (χ1v) is 52.2. The van der Waals surface area contributed by atoms with Crippen LogP contribution in [0.5, 0.6) is 11.5 Å². The fourth-order valence-corrected chi connectivity index (χ4v) is 28.9. The number of rotatable bonds is 11. The molecule has 23 aromatic rings. The molecule has 9 heteroatoms. The number of anilines is 6. The standard InChI is InChI=1S/C55H36N2S.C45H34NOPS.C33H23NO/c1-5-17-39(18-6-1)55(40-19-7-2-8-20-40)46-27-15-13-26-44(46)53-47(55)31-33-50-54(53)58-52-34-30-38(36-51(52)57(50)42-23-11-4-12-24-42)37-29-32-49-45(35-37)43-25-14-16-28-48(43)56(49)41-21-9-3-10-22-41;1-45(2)38-24-13-12-23-37(38)43-39(45)26-27-40-44(43)49-42-28-25-32(30-41(42)46(40)33-16-6-3-7-17-33)31-15-14-22-36(29-31)48(47,34-18-8-4-9-19-34)35-20-10-5-11-21-35;1-33(2)25-17-18-28-32(30(25)24-16-15-21(19-26(24)33)20-9-4-3-5-10-20)35-29-14-8-12-23-22-11-6-7-13-27(22)34(28)31(23)29/h1-36H;3-30H,1-2H3;3-19H,1-2H3. The lowest BCUT2D eigenvalue weighted by atomic mass is 9.68. The van der Waals surface area contributed by atoms with Crippen LogP contribution < -0.4 is 30.5 Å². The summed E-state index contributed by atoms with van der Waals surface area (Å²) in [6, 6.07) is 177. The number of nitrogens with zero attached hydrogens (tertiary/aromatic N) is 4. The van der Waals surface area contributed by atoms with Crippen molar-refractivity contribution in [2.45, 2.75) is 63.5 Å². The molecule has 6 nitrogen and oxygen atoms in total. The molecule has 0 amide bonds. The normalized spacial score (nSPS) is 13.9. The van der Waals surface area contributed by atoms with Crippen LogP contribution in [0, 0.1) is 0 Å². The third-order valence-electron chi connectivity index (χ3n) is 30.4. The van der Waals surface area contributed by atoms with E-state index in [4.69, 9.17) is 4.74 Å². The van der Waals surface area contributed by atoms with Crippen LogP contribution in [0.3, 0.4) is 0 Å². The minimum absolute atomic E-state index is 0.0623. The molecule has 2 aromatic heterocycles. The molecule has 0 atom stereocenters. The van der Waals surface area contributed by atoms with Gasteiger partial charge in [0, 0.05) is 102 Å². The summed E-state index contributed by atoms with van der Waals surface area (Å²) in [5.74, 6) is 1.88. The van der Waals surface area contributed by atoms with E-state index in [9.17, 15) is 0 Å². The quantitative estimate of drug-likeness (QED) is 0.120. The summed E-state index contributed by atoms with van der Waals surface area (Å²) < 4.78 is 26.8. The van der Waals surface area contributed by atoms with Crippen LogP contribution in [0.25, 0.3) is 122 Å². The Balaban J connectivity index is 0.000000110. The molecule has 0 fully saturated rings. The van der Waals surface area contributed by atoms with E-state index in [1.165, 1.54) is 181 Å². The van der Waals surface area contributed by atoms with Crippen LogP contribution in [0.1, 0.15) is 72.2 Å². The summed E-state index contributed by atoms with van der Waals surface area (Å²) in [5.41, 5.74) is 38.9. The predicted octanol–water partition coefficient (Wildman–Crippen LogP) is 34.8. The number of para-hydroxylation sites is 6. The maximum absolute atomic E-state index is 15.2. The highest BCUT2D eigenvalue weighted by atomic mass is 32.2. The van der Waals surface area contributed by atoms with E-state index in [0.717, 1.165) is 66.8 Å². The Hall–Kier alpha value is -16.5. The molecule has 0 saturated heterocycles. The molecule has 0 radical (unpaired) electrons. The van der Waals surface area contributed by atoms with Crippen molar-refractivity contribution in [3.63, 3.8) is 0 Å². The lowest BCUT2D eigenvalue weighted by Gasteiger charge is -2.36. The first-order chi connectivity index (χ1) is 69.9. The molecule has 0 N–H and O–H groups in total. The lowest BCUT2D eigenvalue weighted by molar-refractivity contribution is 0.477. The maximum Gasteiger partial charge on any atom is 0.171 e. The Morgan fingerprint density at radius 3 is 1.25 bits per heavy atom. The topological polar surface area (TPSA) is 42.6 Å². The third-order valence-corrected chi connectivity index (χ3v) is 35.8. The van der Waals surface area contributed by atoms with Crippen molar-refractivity contribution in [2.75, 3.05) is 9.80 Å². The molecule has 0 spiro atoms. The number of aromatic nitrogens is 2. The Morgan fingerprint density at radius 2 is 0.655 bits per heavy atom. The summed E-state index contributed by atoms with van der Waals surface area (Å²) in [4.78, 5) is 9.95. The second kappa shape index (κ2) is 33.4. The first-order valence-electron chi connectivity index (χ1n) is 48.9. The van der Waals surface area contributed by atoms with E-state index in [0.29, 0.717) is 0 Å². The summed E-state index contributed by atoms with van der Waals surface area (Å²) in [6.07, 6.45) is 0. The van der Waals surface area contributed by atoms with E-state index in [2.05, 4.69) is 465 Å². The lowest BCUT2D eigenvalue weighted by Crippen LogP contribution is -2.28. The van der Waals surface area contributed by atoms with Gasteiger partial charge in [0.05, 0.1) is 55.9 Å². The van der Waals surface area contributed by atoms with Gasteiger partial charge in [-0.2, -0.15) is 0 Å². The van der Waals surface area contributed by atoms with Crippen LogP contribution in [0.4, 0.5) is 34.1 Å². The average molecular weight is 1870 g/mol. The molecule has 674 valence electrons. The highest BCUT2D eigenvalue weighted by Gasteiger charge is 2.49. The Bertz CT molecular complexity index is 9010. The van der Waals surface area contributed by atoms with Crippen molar-refractivity contribution in [3.8, 4) is 89.6 Å². The summed E-state index contributed by atoms with van der Waals surface area (Å²) >= 11 is 3.78. The number of hydrogen-bond donors (Lipinski definition) is 0. The van der Waals surface area contributed by atoms with Gasteiger partial charge in [0.1, 0.15) is 0 Å². The molecule has 5 heterocycles. The van der Waals surface area contributed by atoms with E-state index >= 15 is 4.57 Å². The molecule has 0 bridgehead atoms. The Morgan fingerprint density at radius 1 is 0.254 bits per heavy atom. The van der Waals surface area contributed by atoms with E-state index in [-0.39, 0.29) is 10.8 Å². The zero-order valence-corrected chi connectivity index (χ0v) is 81.2. The number of hydrogen-bond acceptors (Lipinski definition) is 6. The molecule has 0 unspecified atom stereocenters. The highest BCUT2D eigenvalue weighted by Crippen LogP contribution is 2.66. The monoisotopic (exact) mass is 1870 g/mol. The minimum atomic E-state index is -3.11. The molecule has 0 saturated carbocycles. The van der Waals surface area contributed by atoms with Crippen molar-refractivity contribution >= 4 is 124 Å². The molecule has 3 aliphatic carbocycles. The largest absolute Gasteiger partial charge is 0.452 e. The van der Waals surface area contributed by atoms with Gasteiger partial charge >= 0.3 is 0 Å². The van der Waals surface area contributed by atoms with Crippen LogP contribution in [-0.4, -0.2) is 9.13 Å². The van der Waals surface area contributed by atoms with Crippen LogP contribution >= 0.6 is 30.7 Å². The van der Waals surface area contributed by atoms with Crippen molar-refractivity contribution in [3.05, 3.63) is 536 Å². The Labute approximate surface area is 835 Å². The molecular weight excluding hydrogens is 1780 g/mol. The van der Waals surface area contributed by atoms with Gasteiger partial charge in [-0.1, -0.05) is 421 Å². The molecule has 3 aliphatic heterocycles. The number of ether oxygens (including phenoxy) is 1. The zero-order valence-electron chi connectivity index (χ0n) is 78.6. The summed E-state index contributed by atoms with van der Waals surface area (Å²) in [6.45, 7) is 9.35. The predicted molar refractivity (Wildman–Crippen MR) is 594 cm³/mol.